The maximum absolute atomic E-state index is 9.72. The maximum atomic E-state index is 9.72. The van der Waals surface area contributed by atoms with Crippen LogP contribution >= 0.6 is 0 Å². The zero-order chi connectivity index (χ0) is 14.9. The van der Waals surface area contributed by atoms with E-state index in [1.54, 1.807) is 0 Å². The van der Waals surface area contributed by atoms with Crippen LogP contribution in [0.2, 0.25) is 0 Å². The molecule has 3 fully saturated rings. The van der Waals surface area contributed by atoms with Crippen LogP contribution in [-0.4, -0.2) is 52.3 Å². The summed E-state index contributed by atoms with van der Waals surface area (Å²) < 4.78 is 0. The van der Waals surface area contributed by atoms with Gasteiger partial charge in [0.05, 0.1) is 6.10 Å². The zero-order valence-electron chi connectivity index (χ0n) is 13.2. The molecule has 3 aliphatic rings. The first kappa shape index (κ1) is 14.4. The summed E-state index contributed by atoms with van der Waals surface area (Å²) in [5.74, 6) is 2.29. The Morgan fingerprint density at radius 2 is 1.64 bits per heavy atom. The summed E-state index contributed by atoms with van der Waals surface area (Å²) in [6.07, 6.45) is 9.78. The van der Waals surface area contributed by atoms with E-state index in [0.717, 1.165) is 51.5 Å². The standard InChI is InChI=1S/C17H26N4O/c22-16-6-14-11-20(12-15(14)7-16)10-13-8-18-17(19-9-13)21-4-2-1-3-5-21/h8-9,14-16,22H,1-7,10-12H2/t14-,15+,16?. The van der Waals surface area contributed by atoms with E-state index in [1.165, 1.54) is 24.8 Å². The molecule has 1 unspecified atom stereocenters. The van der Waals surface area contributed by atoms with Crippen molar-refractivity contribution in [2.45, 2.75) is 44.8 Å². The van der Waals surface area contributed by atoms with Gasteiger partial charge in [-0.05, 0) is 43.9 Å². The monoisotopic (exact) mass is 302 g/mol. The molecule has 5 heteroatoms. The van der Waals surface area contributed by atoms with Gasteiger partial charge in [0.2, 0.25) is 5.95 Å². The maximum Gasteiger partial charge on any atom is 0.225 e. The van der Waals surface area contributed by atoms with Crippen LogP contribution < -0.4 is 4.90 Å². The fourth-order valence-electron chi connectivity index (χ4n) is 4.44. The van der Waals surface area contributed by atoms with Crippen LogP contribution in [0.15, 0.2) is 12.4 Å². The van der Waals surface area contributed by atoms with Crippen LogP contribution in [0.3, 0.4) is 0 Å². The van der Waals surface area contributed by atoms with Crippen molar-refractivity contribution in [2.24, 2.45) is 11.8 Å². The van der Waals surface area contributed by atoms with E-state index < -0.39 is 0 Å². The number of likely N-dealkylation sites (tertiary alicyclic amines) is 1. The number of aliphatic hydroxyl groups excluding tert-OH is 1. The molecule has 2 saturated heterocycles. The van der Waals surface area contributed by atoms with Crippen molar-refractivity contribution in [1.82, 2.24) is 14.9 Å². The molecule has 4 rings (SSSR count). The highest BCUT2D eigenvalue weighted by Gasteiger charge is 2.39. The minimum absolute atomic E-state index is 0.0516. The van der Waals surface area contributed by atoms with Crippen LogP contribution in [0.1, 0.15) is 37.7 Å². The molecule has 2 aliphatic heterocycles. The third-order valence-corrected chi connectivity index (χ3v) is 5.54. The number of rotatable bonds is 3. The smallest absolute Gasteiger partial charge is 0.225 e. The molecule has 0 radical (unpaired) electrons. The van der Waals surface area contributed by atoms with E-state index in [4.69, 9.17) is 0 Å². The number of piperidine rings is 1. The van der Waals surface area contributed by atoms with Crippen molar-refractivity contribution in [3.8, 4) is 0 Å². The van der Waals surface area contributed by atoms with Gasteiger partial charge in [0, 0.05) is 50.7 Å². The Bertz CT molecular complexity index is 486. The zero-order valence-corrected chi connectivity index (χ0v) is 13.2. The minimum atomic E-state index is -0.0516. The second-order valence-corrected chi connectivity index (χ2v) is 7.28. The molecule has 0 spiro atoms. The largest absolute Gasteiger partial charge is 0.393 e. The molecular weight excluding hydrogens is 276 g/mol. The number of nitrogens with zero attached hydrogens (tertiary/aromatic N) is 4. The molecule has 0 aromatic carbocycles. The summed E-state index contributed by atoms with van der Waals surface area (Å²) in [6.45, 7) is 5.38. The molecule has 0 bridgehead atoms. The predicted molar refractivity (Wildman–Crippen MR) is 85.6 cm³/mol. The SMILES string of the molecule is OC1C[C@@H]2CN(Cc3cnc(N4CCCCC4)nc3)C[C@@H]2C1. The van der Waals surface area contributed by atoms with E-state index in [9.17, 15) is 5.11 Å². The highest BCUT2D eigenvalue weighted by molar-refractivity contribution is 5.30. The van der Waals surface area contributed by atoms with E-state index >= 15 is 0 Å². The Balaban J connectivity index is 1.34. The van der Waals surface area contributed by atoms with Crippen LogP contribution in [0.4, 0.5) is 5.95 Å². The van der Waals surface area contributed by atoms with Crippen LogP contribution in [0.25, 0.3) is 0 Å². The van der Waals surface area contributed by atoms with Gasteiger partial charge in [0.25, 0.3) is 0 Å². The number of aliphatic hydroxyl groups is 1. The fraction of sp³-hybridized carbons (Fsp3) is 0.765. The van der Waals surface area contributed by atoms with Crippen LogP contribution in [0.5, 0.6) is 0 Å². The molecule has 5 nitrogen and oxygen atoms in total. The van der Waals surface area contributed by atoms with Crippen molar-refractivity contribution < 1.29 is 5.11 Å². The quantitative estimate of drug-likeness (QED) is 0.920. The summed E-state index contributed by atoms with van der Waals surface area (Å²) in [6, 6.07) is 0. The Labute approximate surface area is 132 Å². The summed E-state index contributed by atoms with van der Waals surface area (Å²) in [7, 11) is 0. The first-order valence-corrected chi connectivity index (χ1v) is 8.74. The van der Waals surface area contributed by atoms with Gasteiger partial charge >= 0.3 is 0 Å². The highest BCUT2D eigenvalue weighted by atomic mass is 16.3. The molecule has 3 heterocycles. The minimum Gasteiger partial charge on any atom is -0.393 e. The summed E-state index contributed by atoms with van der Waals surface area (Å²) in [4.78, 5) is 14.0. The van der Waals surface area contributed by atoms with Gasteiger partial charge in [-0.25, -0.2) is 9.97 Å². The second kappa shape index (κ2) is 6.13. The predicted octanol–water partition coefficient (Wildman–Crippen LogP) is 1.67. The number of hydrogen-bond acceptors (Lipinski definition) is 5. The molecule has 0 amide bonds. The lowest BCUT2D eigenvalue weighted by molar-refractivity contribution is 0.161. The van der Waals surface area contributed by atoms with Gasteiger partial charge in [-0.15, -0.1) is 0 Å². The average molecular weight is 302 g/mol. The molecule has 1 N–H and O–H groups in total. The Morgan fingerprint density at radius 3 is 2.27 bits per heavy atom. The normalized spacial score (nSPS) is 32.4. The number of anilines is 1. The number of fused-ring (bicyclic) bond motifs is 1. The van der Waals surface area contributed by atoms with Crippen molar-refractivity contribution in [2.75, 3.05) is 31.1 Å². The highest BCUT2D eigenvalue weighted by Crippen LogP contribution is 2.38. The molecule has 1 aromatic rings. The van der Waals surface area contributed by atoms with E-state index in [0.29, 0.717) is 11.8 Å². The van der Waals surface area contributed by atoms with Crippen LogP contribution in [0, 0.1) is 11.8 Å². The van der Waals surface area contributed by atoms with E-state index in [1.807, 2.05) is 12.4 Å². The summed E-state index contributed by atoms with van der Waals surface area (Å²) in [5, 5.41) is 9.72. The van der Waals surface area contributed by atoms with Gasteiger partial charge in [0.15, 0.2) is 0 Å². The third kappa shape index (κ3) is 2.97. The molecule has 22 heavy (non-hydrogen) atoms. The van der Waals surface area contributed by atoms with Gasteiger partial charge in [0.1, 0.15) is 0 Å². The molecule has 1 saturated carbocycles. The Morgan fingerprint density at radius 1 is 1.00 bits per heavy atom. The van der Waals surface area contributed by atoms with E-state index in [2.05, 4.69) is 19.8 Å². The molecular formula is C17H26N4O. The molecule has 120 valence electrons. The van der Waals surface area contributed by atoms with Crippen LogP contribution in [-0.2, 0) is 6.54 Å². The first-order chi connectivity index (χ1) is 10.8. The fourth-order valence-corrected chi connectivity index (χ4v) is 4.44. The van der Waals surface area contributed by atoms with Crippen molar-refractivity contribution in [1.29, 1.82) is 0 Å². The Hall–Kier alpha value is -1.20. The molecule has 1 aliphatic carbocycles. The number of aromatic nitrogens is 2. The van der Waals surface area contributed by atoms with E-state index in [-0.39, 0.29) is 6.10 Å². The molecule has 3 atom stereocenters. The lowest BCUT2D eigenvalue weighted by Crippen LogP contribution is -2.31. The van der Waals surface area contributed by atoms with Crippen molar-refractivity contribution in [3.63, 3.8) is 0 Å². The first-order valence-electron chi connectivity index (χ1n) is 8.74. The lowest BCUT2D eigenvalue weighted by atomic mass is 10.0. The lowest BCUT2D eigenvalue weighted by Gasteiger charge is -2.26. The van der Waals surface area contributed by atoms with Gasteiger partial charge in [-0.2, -0.15) is 0 Å². The van der Waals surface area contributed by atoms with Gasteiger partial charge in [-0.1, -0.05) is 0 Å². The van der Waals surface area contributed by atoms with Crippen molar-refractivity contribution >= 4 is 5.95 Å². The average Bonchev–Trinajstić information content (AvgIpc) is 3.05. The topological polar surface area (TPSA) is 52.5 Å². The number of hydrogen-bond donors (Lipinski definition) is 1. The molecule has 1 aromatic heterocycles. The van der Waals surface area contributed by atoms with Gasteiger partial charge in [-0.3, -0.25) is 4.90 Å². The van der Waals surface area contributed by atoms with Gasteiger partial charge < -0.3 is 10.0 Å². The third-order valence-electron chi connectivity index (χ3n) is 5.54. The van der Waals surface area contributed by atoms with Crippen molar-refractivity contribution in [3.05, 3.63) is 18.0 Å². The summed E-state index contributed by atoms with van der Waals surface area (Å²) in [5.41, 5.74) is 1.21. The second-order valence-electron chi connectivity index (χ2n) is 7.28. The Kier molecular flexibility index (Phi) is 4.01. The summed E-state index contributed by atoms with van der Waals surface area (Å²) >= 11 is 0.